The lowest BCUT2D eigenvalue weighted by molar-refractivity contribution is 0.405. The van der Waals surface area contributed by atoms with Gasteiger partial charge in [0.1, 0.15) is 0 Å². The summed E-state index contributed by atoms with van der Waals surface area (Å²) >= 11 is 0. The summed E-state index contributed by atoms with van der Waals surface area (Å²) in [5.74, 6) is 0. The third kappa shape index (κ3) is 2.59. The van der Waals surface area contributed by atoms with Gasteiger partial charge in [-0.05, 0) is 33.3 Å². The van der Waals surface area contributed by atoms with Crippen LogP contribution in [0.15, 0.2) is 6.07 Å². The molecule has 0 aliphatic rings. The van der Waals surface area contributed by atoms with E-state index < -0.39 is 0 Å². The zero-order valence-corrected chi connectivity index (χ0v) is 10.0. The summed E-state index contributed by atoms with van der Waals surface area (Å²) < 4.78 is 1.99. The second-order valence-electron chi connectivity index (χ2n) is 4.30. The SMILES string of the molecule is CCn1nc(C)cc1CC(C)(C#N)CC. The fourth-order valence-corrected chi connectivity index (χ4v) is 1.66. The van der Waals surface area contributed by atoms with Gasteiger partial charge >= 0.3 is 0 Å². The number of aryl methyl sites for hydroxylation is 2. The molecule has 0 aromatic carbocycles. The van der Waals surface area contributed by atoms with Gasteiger partial charge in [0.25, 0.3) is 0 Å². The van der Waals surface area contributed by atoms with Crippen LogP contribution >= 0.6 is 0 Å². The number of hydrogen-bond acceptors (Lipinski definition) is 2. The number of rotatable bonds is 4. The van der Waals surface area contributed by atoms with Gasteiger partial charge in [0, 0.05) is 18.7 Å². The maximum absolute atomic E-state index is 9.14. The minimum atomic E-state index is -0.264. The van der Waals surface area contributed by atoms with Gasteiger partial charge in [0.2, 0.25) is 0 Å². The van der Waals surface area contributed by atoms with Crippen LogP contribution in [0.2, 0.25) is 0 Å². The Hall–Kier alpha value is -1.30. The van der Waals surface area contributed by atoms with Crippen LogP contribution in [0.1, 0.15) is 38.6 Å². The third-order valence-electron chi connectivity index (χ3n) is 2.91. The minimum absolute atomic E-state index is 0.264. The molecule has 0 bridgehead atoms. The highest BCUT2D eigenvalue weighted by Crippen LogP contribution is 2.25. The van der Waals surface area contributed by atoms with E-state index >= 15 is 0 Å². The molecule has 1 aromatic rings. The molecule has 0 aliphatic heterocycles. The van der Waals surface area contributed by atoms with E-state index in [4.69, 9.17) is 5.26 Å². The van der Waals surface area contributed by atoms with Crippen molar-refractivity contribution in [1.29, 1.82) is 5.26 Å². The summed E-state index contributed by atoms with van der Waals surface area (Å²) in [4.78, 5) is 0. The van der Waals surface area contributed by atoms with Crippen molar-refractivity contribution < 1.29 is 0 Å². The van der Waals surface area contributed by atoms with Crippen molar-refractivity contribution >= 4 is 0 Å². The van der Waals surface area contributed by atoms with E-state index in [1.54, 1.807) is 0 Å². The fraction of sp³-hybridized carbons (Fsp3) is 0.667. The summed E-state index contributed by atoms with van der Waals surface area (Å²) in [5.41, 5.74) is 1.93. The first-order valence-corrected chi connectivity index (χ1v) is 5.49. The molecule has 1 atom stereocenters. The van der Waals surface area contributed by atoms with Gasteiger partial charge in [0.15, 0.2) is 0 Å². The van der Waals surface area contributed by atoms with Crippen LogP contribution in [-0.4, -0.2) is 9.78 Å². The second kappa shape index (κ2) is 4.48. The van der Waals surface area contributed by atoms with Crippen molar-refractivity contribution in [1.82, 2.24) is 9.78 Å². The molecule has 0 amide bonds. The van der Waals surface area contributed by atoms with Crippen LogP contribution < -0.4 is 0 Å². The average Bonchev–Trinajstić information content (AvgIpc) is 2.58. The van der Waals surface area contributed by atoms with Crippen LogP contribution in [0, 0.1) is 23.7 Å². The molecule has 0 saturated carbocycles. The first kappa shape index (κ1) is 11.8. The van der Waals surface area contributed by atoms with Gasteiger partial charge in [-0.1, -0.05) is 6.92 Å². The van der Waals surface area contributed by atoms with E-state index in [1.165, 1.54) is 5.69 Å². The predicted octanol–water partition coefficient (Wildman–Crippen LogP) is 2.69. The quantitative estimate of drug-likeness (QED) is 0.758. The number of aromatic nitrogens is 2. The summed E-state index contributed by atoms with van der Waals surface area (Å²) in [6.45, 7) is 9.00. The molecule has 1 rings (SSSR count). The molecule has 3 nitrogen and oxygen atoms in total. The third-order valence-corrected chi connectivity index (χ3v) is 2.91. The Kier molecular flexibility index (Phi) is 3.52. The van der Waals surface area contributed by atoms with E-state index in [0.717, 1.165) is 25.1 Å². The fourth-order valence-electron chi connectivity index (χ4n) is 1.66. The molecule has 0 radical (unpaired) electrons. The normalized spacial score (nSPS) is 14.6. The van der Waals surface area contributed by atoms with Gasteiger partial charge < -0.3 is 0 Å². The van der Waals surface area contributed by atoms with Crippen molar-refractivity contribution in [3.63, 3.8) is 0 Å². The predicted molar refractivity (Wildman–Crippen MR) is 60.4 cm³/mol. The molecule has 0 saturated heterocycles. The summed E-state index contributed by atoms with van der Waals surface area (Å²) in [5, 5.41) is 13.5. The van der Waals surface area contributed by atoms with Crippen LogP contribution in [-0.2, 0) is 13.0 Å². The second-order valence-corrected chi connectivity index (χ2v) is 4.30. The number of nitriles is 1. The standard InChI is InChI=1S/C12H19N3/c1-5-12(4,9-13)8-11-7-10(3)14-15(11)6-2/h7H,5-6,8H2,1-4H3. The van der Waals surface area contributed by atoms with E-state index in [-0.39, 0.29) is 5.41 Å². The lowest BCUT2D eigenvalue weighted by Gasteiger charge is -2.19. The Bertz CT molecular complexity index is 373. The molecule has 0 N–H and O–H groups in total. The van der Waals surface area contributed by atoms with Gasteiger partial charge in [0.05, 0.1) is 17.2 Å². The maximum atomic E-state index is 9.14. The number of nitrogens with zero attached hydrogens (tertiary/aromatic N) is 3. The molecule has 15 heavy (non-hydrogen) atoms. The maximum Gasteiger partial charge on any atom is 0.0690 e. The van der Waals surface area contributed by atoms with Gasteiger partial charge in [-0.15, -0.1) is 0 Å². The molecule has 1 heterocycles. The topological polar surface area (TPSA) is 41.6 Å². The van der Waals surface area contributed by atoms with E-state index in [2.05, 4.69) is 31.1 Å². The van der Waals surface area contributed by atoms with Crippen molar-refractivity contribution in [3.05, 3.63) is 17.5 Å². The highest BCUT2D eigenvalue weighted by Gasteiger charge is 2.23. The van der Waals surface area contributed by atoms with E-state index in [0.29, 0.717) is 0 Å². The van der Waals surface area contributed by atoms with E-state index in [9.17, 15) is 0 Å². The van der Waals surface area contributed by atoms with Crippen molar-refractivity contribution in [2.24, 2.45) is 5.41 Å². The zero-order chi connectivity index (χ0) is 11.5. The largest absolute Gasteiger partial charge is 0.270 e. The van der Waals surface area contributed by atoms with E-state index in [1.807, 2.05) is 18.5 Å². The average molecular weight is 205 g/mol. The Morgan fingerprint density at radius 1 is 1.53 bits per heavy atom. The summed E-state index contributed by atoms with van der Waals surface area (Å²) in [7, 11) is 0. The molecule has 0 fully saturated rings. The molecule has 0 aliphatic carbocycles. The molecule has 1 unspecified atom stereocenters. The zero-order valence-electron chi connectivity index (χ0n) is 10.0. The highest BCUT2D eigenvalue weighted by molar-refractivity contribution is 5.14. The van der Waals surface area contributed by atoms with Crippen LogP contribution in [0.5, 0.6) is 0 Å². The summed E-state index contributed by atoms with van der Waals surface area (Å²) in [6, 6.07) is 4.47. The minimum Gasteiger partial charge on any atom is -0.270 e. The molecule has 1 aromatic heterocycles. The highest BCUT2D eigenvalue weighted by atomic mass is 15.3. The van der Waals surface area contributed by atoms with Gasteiger partial charge in [-0.25, -0.2) is 0 Å². The first-order chi connectivity index (χ1) is 7.04. The molecule has 3 heteroatoms. The van der Waals surface area contributed by atoms with Crippen molar-refractivity contribution in [3.8, 4) is 6.07 Å². The Labute approximate surface area is 91.7 Å². The Morgan fingerprint density at radius 2 is 2.20 bits per heavy atom. The first-order valence-electron chi connectivity index (χ1n) is 5.49. The Morgan fingerprint density at radius 3 is 2.67 bits per heavy atom. The monoisotopic (exact) mass is 205 g/mol. The summed E-state index contributed by atoms with van der Waals surface area (Å²) in [6.07, 6.45) is 1.66. The molecular weight excluding hydrogens is 186 g/mol. The van der Waals surface area contributed by atoms with Crippen molar-refractivity contribution in [2.75, 3.05) is 0 Å². The lowest BCUT2D eigenvalue weighted by atomic mass is 9.84. The van der Waals surface area contributed by atoms with Crippen LogP contribution in [0.3, 0.4) is 0 Å². The number of hydrogen-bond donors (Lipinski definition) is 0. The Balaban J connectivity index is 2.93. The molecular formula is C12H19N3. The molecule has 82 valence electrons. The van der Waals surface area contributed by atoms with Crippen LogP contribution in [0.4, 0.5) is 0 Å². The molecule has 0 spiro atoms. The smallest absolute Gasteiger partial charge is 0.0690 e. The van der Waals surface area contributed by atoms with Crippen LogP contribution in [0.25, 0.3) is 0 Å². The lowest BCUT2D eigenvalue weighted by Crippen LogP contribution is -2.18. The van der Waals surface area contributed by atoms with Gasteiger partial charge in [-0.2, -0.15) is 10.4 Å². The van der Waals surface area contributed by atoms with Gasteiger partial charge in [-0.3, -0.25) is 4.68 Å². The van der Waals surface area contributed by atoms with Crippen molar-refractivity contribution in [2.45, 2.75) is 47.1 Å².